The van der Waals surface area contributed by atoms with E-state index in [1.165, 1.54) is 6.20 Å². The molecule has 4 rings (SSSR count). The number of pyridine rings is 1. The van der Waals surface area contributed by atoms with E-state index in [0.29, 0.717) is 17.1 Å². The van der Waals surface area contributed by atoms with Crippen molar-refractivity contribution in [3.63, 3.8) is 0 Å². The highest BCUT2D eigenvalue weighted by Crippen LogP contribution is 2.40. The van der Waals surface area contributed by atoms with Crippen molar-refractivity contribution < 1.29 is 9.90 Å². The van der Waals surface area contributed by atoms with Crippen LogP contribution in [0.15, 0.2) is 71.7 Å². The number of aromatic nitrogens is 1. The van der Waals surface area contributed by atoms with Gasteiger partial charge < -0.3 is 31.8 Å². The lowest BCUT2D eigenvalue weighted by Crippen LogP contribution is -2.53. The average Bonchev–Trinajstić information content (AvgIpc) is 3.13. The zero-order valence-corrected chi connectivity index (χ0v) is 15.5. The monoisotopic (exact) mass is 391 g/mol. The summed E-state index contributed by atoms with van der Waals surface area (Å²) in [5.74, 6) is -0.753. The molecular formula is C21H21N5O3. The van der Waals surface area contributed by atoms with Crippen LogP contribution in [0.4, 0.5) is 17.1 Å². The molecule has 8 nitrogen and oxygen atoms in total. The lowest BCUT2D eigenvalue weighted by molar-refractivity contribution is -0.121. The number of carbonyl (C=O) groups is 1. The highest BCUT2D eigenvalue weighted by atomic mass is 16.3. The lowest BCUT2D eigenvalue weighted by Gasteiger charge is -2.29. The number of nitrogens with two attached hydrogens (primary N) is 1. The standard InChI is InChI=1S/C21H21N5O3/c22-20(29)21(25-14-8-4-5-9-15(14)26-21)18-16(10-11-23-19(18)28)24-12-17(27)13-6-2-1-3-7-13/h1-11,17,25-27H,12H2,(H2,22,29)(H2,23,24,28)/t17-/m0/s1. The first-order valence-electron chi connectivity index (χ1n) is 9.15. The molecule has 8 heteroatoms. The minimum absolute atomic E-state index is 0.101. The summed E-state index contributed by atoms with van der Waals surface area (Å²) in [7, 11) is 0. The van der Waals surface area contributed by atoms with Crippen LogP contribution in [0.25, 0.3) is 0 Å². The molecule has 1 amide bonds. The molecule has 29 heavy (non-hydrogen) atoms. The number of anilines is 3. The van der Waals surface area contributed by atoms with E-state index in [1.54, 1.807) is 18.2 Å². The zero-order chi connectivity index (χ0) is 20.4. The van der Waals surface area contributed by atoms with Gasteiger partial charge in [-0.3, -0.25) is 9.59 Å². The molecule has 2 aromatic carbocycles. The molecule has 7 N–H and O–H groups in total. The van der Waals surface area contributed by atoms with Crippen LogP contribution in [-0.2, 0) is 10.5 Å². The molecule has 1 aliphatic rings. The third kappa shape index (κ3) is 3.30. The van der Waals surface area contributed by atoms with Gasteiger partial charge in [0.2, 0.25) is 5.66 Å². The van der Waals surface area contributed by atoms with Crippen LogP contribution in [0, 0.1) is 0 Å². The first-order chi connectivity index (χ1) is 14.0. The van der Waals surface area contributed by atoms with E-state index in [-0.39, 0.29) is 12.1 Å². The molecule has 0 unspecified atom stereocenters. The van der Waals surface area contributed by atoms with Crippen molar-refractivity contribution in [3.8, 4) is 0 Å². The molecule has 2 heterocycles. The fourth-order valence-electron chi connectivity index (χ4n) is 3.51. The Bertz CT molecular complexity index is 1070. The summed E-state index contributed by atoms with van der Waals surface area (Å²) in [4.78, 5) is 27.9. The Kier molecular flexibility index (Phi) is 4.69. The maximum atomic E-state index is 12.8. The normalized spacial score (nSPS) is 14.9. The molecule has 148 valence electrons. The molecule has 0 fully saturated rings. The maximum Gasteiger partial charge on any atom is 0.269 e. The van der Waals surface area contributed by atoms with Crippen molar-refractivity contribution in [1.29, 1.82) is 0 Å². The van der Waals surface area contributed by atoms with E-state index in [1.807, 2.05) is 42.5 Å². The van der Waals surface area contributed by atoms with Gasteiger partial charge in [-0.05, 0) is 23.8 Å². The van der Waals surface area contributed by atoms with Crippen molar-refractivity contribution in [1.82, 2.24) is 4.98 Å². The number of aliphatic hydroxyl groups is 1. The summed E-state index contributed by atoms with van der Waals surface area (Å²) in [6.07, 6.45) is 0.675. The van der Waals surface area contributed by atoms with E-state index >= 15 is 0 Å². The van der Waals surface area contributed by atoms with Crippen LogP contribution in [0.2, 0.25) is 0 Å². The molecule has 1 atom stereocenters. The number of H-pyrrole nitrogens is 1. The number of aliphatic hydroxyl groups excluding tert-OH is 1. The van der Waals surface area contributed by atoms with Gasteiger partial charge in [0.25, 0.3) is 11.5 Å². The molecule has 0 saturated heterocycles. The second-order valence-corrected chi connectivity index (χ2v) is 6.81. The molecule has 0 spiro atoms. The van der Waals surface area contributed by atoms with E-state index < -0.39 is 23.2 Å². The smallest absolute Gasteiger partial charge is 0.269 e. The highest BCUT2D eigenvalue weighted by molar-refractivity contribution is 5.98. The zero-order valence-electron chi connectivity index (χ0n) is 15.5. The Morgan fingerprint density at radius 2 is 1.66 bits per heavy atom. The number of amides is 1. The van der Waals surface area contributed by atoms with Crippen molar-refractivity contribution in [2.24, 2.45) is 5.73 Å². The van der Waals surface area contributed by atoms with Gasteiger partial charge in [-0.25, -0.2) is 0 Å². The number of aromatic amines is 1. The molecule has 0 saturated carbocycles. The second kappa shape index (κ2) is 7.33. The fourth-order valence-corrected chi connectivity index (χ4v) is 3.51. The van der Waals surface area contributed by atoms with Crippen LogP contribution in [0.5, 0.6) is 0 Å². The topological polar surface area (TPSA) is 132 Å². The fraction of sp³-hybridized carbons (Fsp3) is 0.143. The number of fused-ring (bicyclic) bond motifs is 1. The third-order valence-corrected chi connectivity index (χ3v) is 4.95. The summed E-state index contributed by atoms with van der Waals surface area (Å²) >= 11 is 0. The summed E-state index contributed by atoms with van der Waals surface area (Å²) < 4.78 is 0. The van der Waals surface area contributed by atoms with Gasteiger partial charge in [0, 0.05) is 18.4 Å². The summed E-state index contributed by atoms with van der Waals surface area (Å²) in [5.41, 5.74) is 6.17. The predicted molar refractivity (Wildman–Crippen MR) is 112 cm³/mol. The van der Waals surface area contributed by atoms with E-state index in [2.05, 4.69) is 20.9 Å². The Hall–Kier alpha value is -3.78. The summed E-state index contributed by atoms with van der Waals surface area (Å²) in [5, 5.41) is 19.6. The number of carbonyl (C=O) groups excluding carboxylic acids is 1. The maximum absolute atomic E-state index is 12.8. The van der Waals surface area contributed by atoms with Gasteiger partial charge in [-0.2, -0.15) is 0 Å². The largest absolute Gasteiger partial charge is 0.387 e. The van der Waals surface area contributed by atoms with Crippen LogP contribution in [0.3, 0.4) is 0 Å². The molecule has 1 aliphatic heterocycles. The van der Waals surface area contributed by atoms with Gasteiger partial charge in [0.05, 0.1) is 23.0 Å². The third-order valence-electron chi connectivity index (χ3n) is 4.95. The highest BCUT2D eigenvalue weighted by Gasteiger charge is 2.47. The van der Waals surface area contributed by atoms with E-state index in [0.717, 1.165) is 5.56 Å². The quantitative estimate of drug-likeness (QED) is 0.379. The average molecular weight is 391 g/mol. The number of benzene rings is 2. The van der Waals surface area contributed by atoms with Crippen LogP contribution < -0.4 is 27.2 Å². The van der Waals surface area contributed by atoms with Crippen molar-refractivity contribution in [3.05, 3.63) is 88.3 Å². The minimum Gasteiger partial charge on any atom is -0.387 e. The van der Waals surface area contributed by atoms with Gasteiger partial charge in [0.15, 0.2) is 0 Å². The Labute approximate surface area is 166 Å². The number of hydrogen-bond acceptors (Lipinski definition) is 6. The molecule has 0 bridgehead atoms. The van der Waals surface area contributed by atoms with Crippen LogP contribution >= 0.6 is 0 Å². The summed E-state index contributed by atoms with van der Waals surface area (Å²) in [6, 6.07) is 18.0. The number of hydrogen-bond donors (Lipinski definition) is 6. The van der Waals surface area contributed by atoms with Gasteiger partial charge >= 0.3 is 0 Å². The Balaban J connectivity index is 1.69. The van der Waals surface area contributed by atoms with Gasteiger partial charge in [-0.15, -0.1) is 0 Å². The van der Waals surface area contributed by atoms with E-state index in [4.69, 9.17) is 5.73 Å². The number of rotatable bonds is 6. The van der Waals surface area contributed by atoms with Crippen molar-refractivity contribution in [2.45, 2.75) is 11.8 Å². The number of nitrogens with one attached hydrogen (secondary N) is 4. The van der Waals surface area contributed by atoms with Gasteiger partial charge in [-0.1, -0.05) is 42.5 Å². The first-order valence-corrected chi connectivity index (χ1v) is 9.15. The van der Waals surface area contributed by atoms with Crippen LogP contribution in [-0.4, -0.2) is 22.5 Å². The molecule has 0 radical (unpaired) electrons. The number of para-hydroxylation sites is 2. The van der Waals surface area contributed by atoms with Crippen molar-refractivity contribution in [2.75, 3.05) is 22.5 Å². The molecular weight excluding hydrogens is 370 g/mol. The molecule has 1 aromatic heterocycles. The predicted octanol–water partition coefficient (Wildman–Crippen LogP) is 1.70. The molecule has 3 aromatic rings. The molecule has 0 aliphatic carbocycles. The first kappa shape index (κ1) is 18.6. The minimum atomic E-state index is -1.63. The number of primary amides is 1. The van der Waals surface area contributed by atoms with Gasteiger partial charge in [0.1, 0.15) is 0 Å². The lowest BCUT2D eigenvalue weighted by atomic mass is 9.98. The second-order valence-electron chi connectivity index (χ2n) is 6.81. The van der Waals surface area contributed by atoms with Crippen molar-refractivity contribution >= 4 is 23.0 Å². The summed E-state index contributed by atoms with van der Waals surface area (Å²) in [6.45, 7) is 0.141. The van der Waals surface area contributed by atoms with Crippen LogP contribution in [0.1, 0.15) is 17.2 Å². The van der Waals surface area contributed by atoms with E-state index in [9.17, 15) is 14.7 Å². The SMILES string of the molecule is NC(=O)C1(c2c(NC[C@H](O)c3ccccc3)cc[nH]c2=O)Nc2ccccc2N1. The Morgan fingerprint density at radius 1 is 1.03 bits per heavy atom. The Morgan fingerprint density at radius 3 is 2.28 bits per heavy atom.